The fourth-order valence-corrected chi connectivity index (χ4v) is 1.65. The summed E-state index contributed by atoms with van der Waals surface area (Å²) in [7, 11) is 0. The second-order valence-electron chi connectivity index (χ2n) is 3.36. The minimum absolute atomic E-state index is 0.0495. The molecule has 0 bridgehead atoms. The van der Waals surface area contributed by atoms with Crippen molar-refractivity contribution in [1.29, 1.82) is 0 Å². The van der Waals surface area contributed by atoms with Crippen molar-refractivity contribution in [2.75, 3.05) is 18.5 Å². The highest BCUT2D eigenvalue weighted by Gasteiger charge is 2.18. The molecule has 82 valence electrons. The van der Waals surface area contributed by atoms with Crippen LogP contribution < -0.4 is 10.1 Å². The molecular weight excluding hydrogens is 212 g/mol. The van der Waals surface area contributed by atoms with E-state index in [1.54, 1.807) is 6.20 Å². The van der Waals surface area contributed by atoms with Gasteiger partial charge in [0, 0.05) is 0 Å². The molecule has 2 aromatic heterocycles. The van der Waals surface area contributed by atoms with Crippen LogP contribution in [-0.2, 0) is 0 Å². The molecule has 0 saturated heterocycles. The topological polar surface area (TPSA) is 88.8 Å². The van der Waals surface area contributed by atoms with E-state index in [1.165, 1.54) is 10.7 Å². The Morgan fingerprint density at radius 2 is 2.50 bits per heavy atom. The third-order valence-electron chi connectivity index (χ3n) is 2.33. The summed E-state index contributed by atoms with van der Waals surface area (Å²) in [6.07, 6.45) is 2.92. The van der Waals surface area contributed by atoms with E-state index < -0.39 is 5.97 Å². The van der Waals surface area contributed by atoms with Crippen LogP contribution in [0.5, 0.6) is 5.75 Å². The summed E-state index contributed by atoms with van der Waals surface area (Å²) in [4.78, 5) is 14.9. The number of carboxylic acids is 1. The number of aromatic nitrogens is 3. The Kier molecular flexibility index (Phi) is 1.73. The van der Waals surface area contributed by atoms with Crippen molar-refractivity contribution in [2.24, 2.45) is 0 Å². The van der Waals surface area contributed by atoms with E-state index in [0.717, 1.165) is 0 Å². The van der Waals surface area contributed by atoms with Gasteiger partial charge in [0.1, 0.15) is 6.61 Å². The molecule has 0 amide bonds. The monoisotopic (exact) mass is 220 g/mol. The maximum Gasteiger partial charge on any atom is 0.356 e. The smallest absolute Gasteiger partial charge is 0.356 e. The van der Waals surface area contributed by atoms with E-state index >= 15 is 0 Å². The number of hydrogen-bond donors (Lipinski definition) is 2. The lowest BCUT2D eigenvalue weighted by molar-refractivity contribution is 0.0690. The van der Waals surface area contributed by atoms with E-state index in [0.29, 0.717) is 30.2 Å². The van der Waals surface area contributed by atoms with Crippen LogP contribution in [0.15, 0.2) is 12.4 Å². The molecule has 7 nitrogen and oxygen atoms in total. The number of ether oxygens (including phenoxy) is 1. The molecule has 16 heavy (non-hydrogen) atoms. The van der Waals surface area contributed by atoms with Gasteiger partial charge in [0.15, 0.2) is 22.8 Å². The number of hydrogen-bond acceptors (Lipinski definition) is 5. The van der Waals surface area contributed by atoms with Crippen LogP contribution in [0.3, 0.4) is 0 Å². The van der Waals surface area contributed by atoms with Gasteiger partial charge in [0.2, 0.25) is 0 Å². The number of aromatic carboxylic acids is 1. The summed E-state index contributed by atoms with van der Waals surface area (Å²) in [5.41, 5.74) is 0.619. The second kappa shape index (κ2) is 3.09. The van der Waals surface area contributed by atoms with Gasteiger partial charge in [-0.1, -0.05) is 0 Å². The quantitative estimate of drug-likeness (QED) is 0.715. The molecule has 0 radical (unpaired) electrons. The zero-order valence-corrected chi connectivity index (χ0v) is 8.17. The van der Waals surface area contributed by atoms with Crippen molar-refractivity contribution in [3.63, 3.8) is 0 Å². The van der Waals surface area contributed by atoms with Crippen LogP contribution in [0.1, 0.15) is 10.5 Å². The highest BCUT2D eigenvalue weighted by atomic mass is 16.5. The number of nitrogens with one attached hydrogen (secondary N) is 1. The summed E-state index contributed by atoms with van der Waals surface area (Å²) in [6, 6.07) is 0. The minimum Gasteiger partial charge on any atom is -0.488 e. The van der Waals surface area contributed by atoms with Crippen molar-refractivity contribution < 1.29 is 14.6 Å². The first-order valence-electron chi connectivity index (χ1n) is 4.74. The molecule has 1 aliphatic rings. The Labute approximate surface area is 89.7 Å². The van der Waals surface area contributed by atoms with Gasteiger partial charge in [-0.2, -0.15) is 5.10 Å². The molecule has 0 fully saturated rings. The van der Waals surface area contributed by atoms with Gasteiger partial charge >= 0.3 is 5.97 Å². The maximum absolute atomic E-state index is 10.9. The van der Waals surface area contributed by atoms with Crippen LogP contribution in [-0.4, -0.2) is 38.8 Å². The Hall–Kier alpha value is -2.31. The molecular formula is C9H8N4O3. The molecule has 1 aliphatic heterocycles. The zero-order chi connectivity index (χ0) is 11.1. The average Bonchev–Trinajstić information content (AvgIpc) is 2.55. The van der Waals surface area contributed by atoms with E-state index in [-0.39, 0.29) is 5.69 Å². The van der Waals surface area contributed by atoms with Crippen molar-refractivity contribution in [2.45, 2.75) is 0 Å². The SMILES string of the molecule is O=C(O)c1cn2ncc3c2c(n1)NCCO3. The number of carboxylic acid groups (broad SMARTS) is 1. The van der Waals surface area contributed by atoms with Crippen LogP contribution in [0.25, 0.3) is 5.52 Å². The third kappa shape index (κ3) is 1.18. The first kappa shape index (κ1) is 8.96. The Morgan fingerprint density at radius 3 is 3.31 bits per heavy atom. The van der Waals surface area contributed by atoms with Gasteiger partial charge in [-0.3, -0.25) is 0 Å². The maximum atomic E-state index is 10.9. The Balaban J connectivity index is 2.32. The third-order valence-corrected chi connectivity index (χ3v) is 2.33. The molecule has 0 unspecified atom stereocenters. The largest absolute Gasteiger partial charge is 0.488 e. The van der Waals surface area contributed by atoms with Crippen LogP contribution >= 0.6 is 0 Å². The Bertz CT molecular complexity index is 577. The van der Waals surface area contributed by atoms with E-state index in [1.807, 2.05) is 0 Å². The summed E-state index contributed by atoms with van der Waals surface area (Å²) in [6.45, 7) is 1.08. The zero-order valence-electron chi connectivity index (χ0n) is 8.17. The molecule has 0 atom stereocenters. The number of nitrogens with zero attached hydrogens (tertiary/aromatic N) is 3. The number of carbonyl (C=O) groups is 1. The van der Waals surface area contributed by atoms with Gasteiger partial charge in [-0.25, -0.2) is 14.3 Å². The van der Waals surface area contributed by atoms with Crippen molar-refractivity contribution >= 4 is 17.3 Å². The summed E-state index contributed by atoms with van der Waals surface area (Å²) in [5.74, 6) is 0.0245. The normalized spacial score (nSPS) is 14.0. The number of rotatable bonds is 1. The van der Waals surface area contributed by atoms with Crippen LogP contribution in [0.4, 0.5) is 5.82 Å². The predicted octanol–water partition coefficient (Wildman–Crippen LogP) is 0.232. The van der Waals surface area contributed by atoms with E-state index in [9.17, 15) is 4.79 Å². The highest BCUT2D eigenvalue weighted by molar-refractivity contribution is 5.87. The van der Waals surface area contributed by atoms with Crippen molar-refractivity contribution in [3.05, 3.63) is 18.1 Å². The lowest BCUT2D eigenvalue weighted by Gasteiger charge is -2.04. The standard InChI is InChI=1S/C9H8N4O3/c14-9(15)5-4-13-7-6(3-11-13)16-2-1-10-8(7)12-5/h3-4H,1-2H2,(H,10,12)(H,14,15). The molecule has 0 saturated carbocycles. The fourth-order valence-electron chi connectivity index (χ4n) is 1.65. The van der Waals surface area contributed by atoms with Crippen LogP contribution in [0, 0.1) is 0 Å². The molecule has 0 aromatic carbocycles. The summed E-state index contributed by atoms with van der Waals surface area (Å²) in [5, 5.41) is 15.9. The molecule has 0 spiro atoms. The van der Waals surface area contributed by atoms with Gasteiger partial charge in [0.05, 0.1) is 18.9 Å². The predicted molar refractivity (Wildman–Crippen MR) is 53.9 cm³/mol. The average molecular weight is 220 g/mol. The Morgan fingerprint density at radius 1 is 1.62 bits per heavy atom. The summed E-state index contributed by atoms with van der Waals surface area (Å²) < 4.78 is 6.89. The molecule has 7 heteroatoms. The van der Waals surface area contributed by atoms with Gasteiger partial charge in [-0.05, 0) is 0 Å². The molecule has 3 rings (SSSR count). The first-order chi connectivity index (χ1) is 7.75. The van der Waals surface area contributed by atoms with Crippen LogP contribution in [0.2, 0.25) is 0 Å². The van der Waals surface area contributed by atoms with E-state index in [4.69, 9.17) is 9.84 Å². The molecule has 2 N–H and O–H groups in total. The second-order valence-corrected chi connectivity index (χ2v) is 3.36. The summed E-state index contributed by atoms with van der Waals surface area (Å²) >= 11 is 0. The lowest BCUT2D eigenvalue weighted by atomic mass is 10.4. The first-order valence-corrected chi connectivity index (χ1v) is 4.74. The highest BCUT2D eigenvalue weighted by Crippen LogP contribution is 2.27. The molecule has 3 heterocycles. The molecule has 2 aromatic rings. The van der Waals surface area contributed by atoms with Gasteiger partial charge in [0.25, 0.3) is 0 Å². The van der Waals surface area contributed by atoms with Gasteiger partial charge < -0.3 is 15.2 Å². The molecule has 0 aliphatic carbocycles. The fraction of sp³-hybridized carbons (Fsp3) is 0.222. The minimum atomic E-state index is -1.08. The lowest BCUT2D eigenvalue weighted by Crippen LogP contribution is -2.11. The number of anilines is 1. The van der Waals surface area contributed by atoms with Crippen molar-refractivity contribution in [1.82, 2.24) is 14.6 Å². The van der Waals surface area contributed by atoms with Gasteiger partial charge in [-0.15, -0.1) is 0 Å². The van der Waals surface area contributed by atoms with Crippen molar-refractivity contribution in [3.8, 4) is 5.75 Å². The van der Waals surface area contributed by atoms with E-state index in [2.05, 4.69) is 15.4 Å².